The number of nitrogens with zero attached hydrogens (tertiary/aromatic N) is 3. The first kappa shape index (κ1) is 19.8. The average Bonchev–Trinajstić information content (AvgIpc) is 2.47. The van der Waals surface area contributed by atoms with E-state index in [1.54, 1.807) is 0 Å². The Labute approximate surface area is 141 Å². The standard InChI is InChI=1S/C17H35N3OS/c1-14(2)16(17(21)19(6)15(3)4)22-13-7-8-20-11-9-18(5)10-12-20/h14-16H,7-13H2,1-6H3/t16-/m0/s1. The van der Waals surface area contributed by atoms with Crippen molar-refractivity contribution in [2.45, 2.75) is 45.4 Å². The molecule has 0 spiro atoms. The van der Waals surface area contributed by atoms with E-state index in [1.807, 2.05) is 23.7 Å². The molecule has 0 aromatic carbocycles. The Hall–Kier alpha value is -0.260. The summed E-state index contributed by atoms with van der Waals surface area (Å²) in [7, 11) is 4.12. The van der Waals surface area contributed by atoms with E-state index in [-0.39, 0.29) is 17.2 Å². The molecule has 22 heavy (non-hydrogen) atoms. The zero-order valence-electron chi connectivity index (χ0n) is 15.3. The highest BCUT2D eigenvalue weighted by molar-refractivity contribution is 8.00. The van der Waals surface area contributed by atoms with Gasteiger partial charge in [-0.3, -0.25) is 4.79 Å². The molecule has 5 heteroatoms. The number of thioether (sulfide) groups is 1. The molecule has 0 radical (unpaired) electrons. The van der Waals surface area contributed by atoms with Crippen LogP contribution in [0.2, 0.25) is 0 Å². The van der Waals surface area contributed by atoms with Crippen molar-refractivity contribution < 1.29 is 4.79 Å². The van der Waals surface area contributed by atoms with Crippen molar-refractivity contribution in [2.24, 2.45) is 5.92 Å². The Bertz CT molecular complexity index is 328. The van der Waals surface area contributed by atoms with Crippen LogP contribution in [-0.4, -0.2) is 84.5 Å². The first-order valence-electron chi connectivity index (χ1n) is 8.62. The predicted molar refractivity (Wildman–Crippen MR) is 97.5 cm³/mol. The molecule has 0 aliphatic carbocycles. The molecule has 1 rings (SSSR count). The fourth-order valence-corrected chi connectivity index (χ4v) is 3.82. The van der Waals surface area contributed by atoms with Gasteiger partial charge in [0.25, 0.3) is 0 Å². The first-order chi connectivity index (χ1) is 10.3. The van der Waals surface area contributed by atoms with Crippen LogP contribution in [0, 0.1) is 5.92 Å². The second-order valence-electron chi connectivity index (χ2n) is 7.08. The summed E-state index contributed by atoms with van der Waals surface area (Å²) in [5.74, 6) is 1.75. The van der Waals surface area contributed by atoms with Gasteiger partial charge in [0.2, 0.25) is 5.91 Å². The first-order valence-corrected chi connectivity index (χ1v) is 9.67. The molecule has 1 amide bonds. The third-order valence-electron chi connectivity index (χ3n) is 4.48. The molecule has 0 bridgehead atoms. The van der Waals surface area contributed by atoms with Crippen molar-refractivity contribution in [3.8, 4) is 0 Å². The molecule has 1 heterocycles. The summed E-state index contributed by atoms with van der Waals surface area (Å²) in [6, 6.07) is 0.277. The summed E-state index contributed by atoms with van der Waals surface area (Å²) in [6.45, 7) is 14.4. The monoisotopic (exact) mass is 329 g/mol. The van der Waals surface area contributed by atoms with Gasteiger partial charge in [-0.25, -0.2) is 0 Å². The fourth-order valence-electron chi connectivity index (χ4n) is 2.57. The molecular weight excluding hydrogens is 294 g/mol. The second-order valence-corrected chi connectivity index (χ2v) is 8.33. The van der Waals surface area contributed by atoms with Gasteiger partial charge in [0, 0.05) is 39.3 Å². The molecule has 0 unspecified atom stereocenters. The summed E-state index contributed by atoms with van der Waals surface area (Å²) in [5, 5.41) is 0.0971. The lowest BCUT2D eigenvalue weighted by Crippen LogP contribution is -2.44. The van der Waals surface area contributed by atoms with Gasteiger partial charge >= 0.3 is 0 Å². The summed E-state index contributed by atoms with van der Waals surface area (Å²) in [5.41, 5.74) is 0. The number of hydrogen-bond acceptors (Lipinski definition) is 4. The SMILES string of the molecule is CC(C)[C@H](SCCCN1CCN(C)CC1)C(=O)N(C)C(C)C. The molecule has 1 saturated heterocycles. The normalized spacial score (nSPS) is 18.9. The minimum Gasteiger partial charge on any atom is -0.342 e. The van der Waals surface area contributed by atoms with E-state index in [4.69, 9.17) is 0 Å². The van der Waals surface area contributed by atoms with Crippen LogP contribution in [0.15, 0.2) is 0 Å². The third-order valence-corrected chi connectivity index (χ3v) is 6.11. The predicted octanol–water partition coefficient (Wildman–Crippen LogP) is 2.25. The number of carbonyl (C=O) groups is 1. The highest BCUT2D eigenvalue weighted by Gasteiger charge is 2.26. The number of piperazine rings is 1. The lowest BCUT2D eigenvalue weighted by Gasteiger charge is -2.32. The second kappa shape index (κ2) is 9.78. The van der Waals surface area contributed by atoms with Crippen molar-refractivity contribution >= 4 is 17.7 Å². The molecule has 1 atom stereocenters. The van der Waals surface area contributed by atoms with Gasteiger partial charge in [0.15, 0.2) is 0 Å². The van der Waals surface area contributed by atoms with Gasteiger partial charge in [0.1, 0.15) is 0 Å². The molecular formula is C17H35N3OS. The van der Waals surface area contributed by atoms with Crippen LogP contribution in [0.1, 0.15) is 34.1 Å². The van der Waals surface area contributed by atoms with Crippen molar-refractivity contribution in [3.63, 3.8) is 0 Å². The van der Waals surface area contributed by atoms with Crippen LogP contribution in [-0.2, 0) is 4.79 Å². The molecule has 130 valence electrons. The zero-order valence-corrected chi connectivity index (χ0v) is 16.2. The zero-order chi connectivity index (χ0) is 16.7. The van der Waals surface area contributed by atoms with Gasteiger partial charge in [0.05, 0.1) is 5.25 Å². The Morgan fingerprint density at radius 3 is 2.23 bits per heavy atom. The number of likely N-dealkylation sites (N-methyl/N-ethyl adjacent to an activating group) is 1. The van der Waals surface area contributed by atoms with Gasteiger partial charge in [-0.2, -0.15) is 0 Å². The smallest absolute Gasteiger partial charge is 0.235 e. The number of rotatable bonds is 8. The minimum atomic E-state index is 0.0971. The Kier molecular flexibility index (Phi) is 8.80. The molecule has 0 aromatic rings. The van der Waals surface area contributed by atoms with Crippen LogP contribution >= 0.6 is 11.8 Å². The van der Waals surface area contributed by atoms with Crippen molar-refractivity contribution in [2.75, 3.05) is 52.6 Å². The Morgan fingerprint density at radius 1 is 1.14 bits per heavy atom. The summed E-state index contributed by atoms with van der Waals surface area (Å²) in [6.07, 6.45) is 1.18. The van der Waals surface area contributed by atoms with E-state index in [9.17, 15) is 4.79 Å². The van der Waals surface area contributed by atoms with Gasteiger partial charge < -0.3 is 14.7 Å². The summed E-state index contributed by atoms with van der Waals surface area (Å²) in [4.78, 5) is 19.4. The van der Waals surface area contributed by atoms with E-state index in [2.05, 4.69) is 44.5 Å². The molecule has 0 saturated carbocycles. The molecule has 0 N–H and O–H groups in total. The average molecular weight is 330 g/mol. The molecule has 0 aromatic heterocycles. The third kappa shape index (κ3) is 6.47. The van der Waals surface area contributed by atoms with E-state index in [1.165, 1.54) is 39.1 Å². The van der Waals surface area contributed by atoms with Crippen LogP contribution < -0.4 is 0 Å². The number of amides is 1. The van der Waals surface area contributed by atoms with Crippen LogP contribution in [0.25, 0.3) is 0 Å². The van der Waals surface area contributed by atoms with E-state index >= 15 is 0 Å². The highest BCUT2D eigenvalue weighted by Crippen LogP contribution is 2.23. The summed E-state index contributed by atoms with van der Waals surface area (Å²) >= 11 is 1.84. The Morgan fingerprint density at radius 2 is 1.73 bits per heavy atom. The summed E-state index contributed by atoms with van der Waals surface area (Å²) < 4.78 is 0. The maximum Gasteiger partial charge on any atom is 0.235 e. The van der Waals surface area contributed by atoms with Crippen LogP contribution in [0.3, 0.4) is 0 Å². The quantitative estimate of drug-likeness (QED) is 0.638. The number of carbonyl (C=O) groups excluding carboxylic acids is 1. The Balaban J connectivity index is 2.31. The van der Waals surface area contributed by atoms with Gasteiger partial charge in [-0.1, -0.05) is 13.8 Å². The molecule has 4 nitrogen and oxygen atoms in total. The van der Waals surface area contributed by atoms with Crippen molar-refractivity contribution in [1.82, 2.24) is 14.7 Å². The van der Waals surface area contributed by atoms with Crippen LogP contribution in [0.4, 0.5) is 0 Å². The van der Waals surface area contributed by atoms with Gasteiger partial charge in [-0.15, -0.1) is 11.8 Å². The van der Waals surface area contributed by atoms with E-state index in [0.717, 1.165) is 5.75 Å². The molecule has 1 aliphatic heterocycles. The van der Waals surface area contributed by atoms with Crippen molar-refractivity contribution in [1.29, 1.82) is 0 Å². The number of hydrogen-bond donors (Lipinski definition) is 0. The minimum absolute atomic E-state index is 0.0971. The topological polar surface area (TPSA) is 26.8 Å². The maximum absolute atomic E-state index is 12.5. The fraction of sp³-hybridized carbons (Fsp3) is 0.941. The van der Waals surface area contributed by atoms with E-state index < -0.39 is 0 Å². The van der Waals surface area contributed by atoms with Gasteiger partial charge in [-0.05, 0) is 45.5 Å². The lowest BCUT2D eigenvalue weighted by atomic mass is 10.1. The van der Waals surface area contributed by atoms with Crippen LogP contribution in [0.5, 0.6) is 0 Å². The van der Waals surface area contributed by atoms with Crippen molar-refractivity contribution in [3.05, 3.63) is 0 Å². The highest BCUT2D eigenvalue weighted by atomic mass is 32.2. The molecule has 1 fully saturated rings. The largest absolute Gasteiger partial charge is 0.342 e. The maximum atomic E-state index is 12.5. The lowest BCUT2D eigenvalue weighted by molar-refractivity contribution is -0.131. The van der Waals surface area contributed by atoms with E-state index in [0.29, 0.717) is 5.92 Å². The molecule has 1 aliphatic rings.